The molecular formula is C17H22N3O3S+. The van der Waals surface area contributed by atoms with Crippen molar-refractivity contribution in [1.29, 1.82) is 0 Å². The summed E-state index contributed by atoms with van der Waals surface area (Å²) in [5.41, 5.74) is 0. The Morgan fingerprint density at radius 2 is 2.04 bits per heavy atom. The molecule has 3 rings (SSSR count). The Kier molecular flexibility index (Phi) is 5.66. The van der Waals surface area contributed by atoms with Gasteiger partial charge in [0.2, 0.25) is 5.91 Å². The topological polar surface area (TPSA) is 75.8 Å². The quantitative estimate of drug-likeness (QED) is 0.686. The molecule has 2 amide bonds. The highest BCUT2D eigenvalue weighted by Crippen LogP contribution is 2.11. The third kappa shape index (κ3) is 4.24. The van der Waals surface area contributed by atoms with Crippen LogP contribution in [0.4, 0.5) is 0 Å². The fourth-order valence-electron chi connectivity index (χ4n) is 3.05. The van der Waals surface area contributed by atoms with Crippen LogP contribution in [0.2, 0.25) is 0 Å². The van der Waals surface area contributed by atoms with Crippen molar-refractivity contribution in [1.82, 2.24) is 10.6 Å². The Labute approximate surface area is 144 Å². The lowest BCUT2D eigenvalue weighted by Gasteiger charge is -2.23. The molecule has 3 N–H and O–H groups in total. The largest absolute Gasteiger partial charge is 0.463 e. The summed E-state index contributed by atoms with van der Waals surface area (Å²) in [5, 5.41) is 7.39. The van der Waals surface area contributed by atoms with Gasteiger partial charge in [0.05, 0.1) is 37.3 Å². The zero-order valence-electron chi connectivity index (χ0n) is 13.4. The highest BCUT2D eigenvalue weighted by atomic mass is 32.1. The molecule has 0 radical (unpaired) electrons. The number of furan rings is 1. The van der Waals surface area contributed by atoms with E-state index in [1.807, 2.05) is 23.6 Å². The van der Waals surface area contributed by atoms with Gasteiger partial charge in [-0.25, -0.2) is 0 Å². The van der Waals surface area contributed by atoms with E-state index in [9.17, 15) is 9.59 Å². The predicted molar refractivity (Wildman–Crippen MR) is 91.0 cm³/mol. The van der Waals surface area contributed by atoms with Crippen molar-refractivity contribution in [3.8, 4) is 0 Å². The van der Waals surface area contributed by atoms with Crippen LogP contribution in [-0.4, -0.2) is 38.0 Å². The van der Waals surface area contributed by atoms with Crippen LogP contribution in [0.15, 0.2) is 40.3 Å². The van der Waals surface area contributed by atoms with Crippen LogP contribution < -0.4 is 15.5 Å². The Bertz CT molecular complexity index is 649. The molecule has 0 unspecified atom stereocenters. The van der Waals surface area contributed by atoms with Gasteiger partial charge in [-0.3, -0.25) is 9.59 Å². The van der Waals surface area contributed by atoms with Crippen molar-refractivity contribution in [2.75, 3.05) is 26.2 Å². The minimum atomic E-state index is -0.215. The van der Waals surface area contributed by atoms with Gasteiger partial charge in [0, 0.05) is 12.8 Å². The number of likely N-dealkylation sites (tertiary alicyclic amines) is 1. The van der Waals surface area contributed by atoms with Gasteiger partial charge in [0.25, 0.3) is 5.91 Å². The third-order valence-electron chi connectivity index (χ3n) is 4.28. The van der Waals surface area contributed by atoms with Gasteiger partial charge >= 0.3 is 0 Å². The van der Waals surface area contributed by atoms with Crippen molar-refractivity contribution in [3.63, 3.8) is 0 Å². The molecule has 1 aliphatic heterocycles. The maximum Gasteiger partial charge on any atom is 0.261 e. The average Bonchev–Trinajstić information content (AvgIpc) is 3.35. The molecule has 1 aliphatic rings. The molecule has 0 aliphatic carbocycles. The van der Waals surface area contributed by atoms with E-state index in [0.29, 0.717) is 11.4 Å². The summed E-state index contributed by atoms with van der Waals surface area (Å²) in [7, 11) is 0. The smallest absolute Gasteiger partial charge is 0.261 e. The van der Waals surface area contributed by atoms with E-state index >= 15 is 0 Å². The monoisotopic (exact) mass is 348 g/mol. The van der Waals surface area contributed by atoms with Crippen LogP contribution >= 0.6 is 11.3 Å². The highest BCUT2D eigenvalue weighted by Gasteiger charge is 2.29. The first kappa shape index (κ1) is 16.7. The minimum absolute atomic E-state index is 0.0169. The molecule has 1 fully saturated rings. The van der Waals surface area contributed by atoms with Crippen molar-refractivity contribution < 1.29 is 18.9 Å². The zero-order chi connectivity index (χ0) is 16.8. The Balaban J connectivity index is 1.49. The van der Waals surface area contributed by atoms with E-state index < -0.39 is 0 Å². The first-order valence-corrected chi connectivity index (χ1v) is 9.08. The van der Waals surface area contributed by atoms with Crippen LogP contribution in [0, 0.1) is 0 Å². The lowest BCUT2D eigenvalue weighted by Crippen LogP contribution is -3.11. The molecule has 2 aromatic heterocycles. The van der Waals surface area contributed by atoms with Crippen LogP contribution in [0.1, 0.15) is 34.3 Å². The second-order valence-corrected chi connectivity index (χ2v) is 6.85. The summed E-state index contributed by atoms with van der Waals surface area (Å²) >= 11 is 1.36. The van der Waals surface area contributed by atoms with E-state index in [1.54, 1.807) is 12.3 Å². The van der Waals surface area contributed by atoms with Gasteiger partial charge in [0.15, 0.2) is 11.8 Å². The number of carbonyl (C=O) groups is 2. The summed E-state index contributed by atoms with van der Waals surface area (Å²) in [6.07, 6.45) is 4.08. The molecule has 0 spiro atoms. The molecule has 128 valence electrons. The standard InChI is InChI=1S/C17H21N3O3S/c21-16(12-19-17(22)15-6-4-10-24-15)18-11-13(14-5-3-9-23-14)20-7-1-2-8-20/h3-6,9-10,13H,1-2,7-8,11-12H2,(H,18,21)(H,19,22)/p+1/t13-/m0/s1. The van der Waals surface area contributed by atoms with Crippen LogP contribution in [0.3, 0.4) is 0 Å². The number of rotatable bonds is 7. The van der Waals surface area contributed by atoms with Crippen molar-refractivity contribution >= 4 is 23.2 Å². The van der Waals surface area contributed by atoms with E-state index in [-0.39, 0.29) is 24.4 Å². The zero-order valence-corrected chi connectivity index (χ0v) is 14.2. The number of carbonyl (C=O) groups excluding carboxylic acids is 2. The summed E-state index contributed by atoms with van der Waals surface area (Å²) < 4.78 is 5.55. The number of hydrogen-bond acceptors (Lipinski definition) is 4. The molecule has 0 aromatic carbocycles. The maximum absolute atomic E-state index is 12.0. The van der Waals surface area contributed by atoms with E-state index in [0.717, 1.165) is 18.8 Å². The van der Waals surface area contributed by atoms with Gasteiger partial charge < -0.3 is 20.0 Å². The number of quaternary nitrogens is 1. The number of hydrogen-bond donors (Lipinski definition) is 3. The number of amides is 2. The van der Waals surface area contributed by atoms with Crippen molar-refractivity contribution in [2.45, 2.75) is 18.9 Å². The first-order chi connectivity index (χ1) is 11.7. The van der Waals surface area contributed by atoms with Gasteiger partial charge in [-0.05, 0) is 23.6 Å². The van der Waals surface area contributed by atoms with E-state index in [2.05, 4.69) is 10.6 Å². The lowest BCUT2D eigenvalue weighted by molar-refractivity contribution is -0.919. The third-order valence-corrected chi connectivity index (χ3v) is 5.15. The average molecular weight is 348 g/mol. The fourth-order valence-corrected chi connectivity index (χ4v) is 3.69. The van der Waals surface area contributed by atoms with Crippen LogP contribution in [0.25, 0.3) is 0 Å². The van der Waals surface area contributed by atoms with Crippen molar-refractivity contribution in [3.05, 3.63) is 46.5 Å². The van der Waals surface area contributed by atoms with Gasteiger partial charge in [-0.15, -0.1) is 11.3 Å². The highest BCUT2D eigenvalue weighted by molar-refractivity contribution is 7.12. The molecular weight excluding hydrogens is 326 g/mol. The molecule has 0 saturated carbocycles. The minimum Gasteiger partial charge on any atom is -0.463 e. The molecule has 1 saturated heterocycles. The molecule has 0 bridgehead atoms. The predicted octanol–water partition coefficient (Wildman–Crippen LogP) is 0.607. The van der Waals surface area contributed by atoms with Gasteiger partial charge in [0.1, 0.15) is 0 Å². The second-order valence-electron chi connectivity index (χ2n) is 5.90. The van der Waals surface area contributed by atoms with Gasteiger partial charge in [-0.1, -0.05) is 6.07 Å². The molecule has 6 nitrogen and oxygen atoms in total. The molecule has 1 atom stereocenters. The van der Waals surface area contributed by atoms with Crippen LogP contribution in [0.5, 0.6) is 0 Å². The van der Waals surface area contributed by atoms with E-state index in [1.165, 1.54) is 29.1 Å². The number of thiophene rings is 1. The summed E-state index contributed by atoms with van der Waals surface area (Å²) in [6, 6.07) is 7.51. The molecule has 3 heterocycles. The summed E-state index contributed by atoms with van der Waals surface area (Å²) in [6.45, 7) is 2.68. The number of nitrogens with one attached hydrogen (secondary N) is 3. The van der Waals surface area contributed by atoms with Crippen LogP contribution in [-0.2, 0) is 4.79 Å². The van der Waals surface area contributed by atoms with Gasteiger partial charge in [-0.2, -0.15) is 0 Å². The second kappa shape index (κ2) is 8.12. The Hall–Kier alpha value is -2.12. The maximum atomic E-state index is 12.0. The lowest BCUT2D eigenvalue weighted by atomic mass is 10.2. The summed E-state index contributed by atoms with van der Waals surface area (Å²) in [5.74, 6) is 0.498. The normalized spacial score (nSPS) is 16.0. The van der Waals surface area contributed by atoms with Crippen molar-refractivity contribution in [2.24, 2.45) is 0 Å². The molecule has 7 heteroatoms. The molecule has 24 heavy (non-hydrogen) atoms. The summed E-state index contributed by atoms with van der Waals surface area (Å²) in [4.78, 5) is 25.9. The fraction of sp³-hybridized carbons (Fsp3) is 0.412. The Morgan fingerprint density at radius 1 is 1.21 bits per heavy atom. The Morgan fingerprint density at radius 3 is 2.71 bits per heavy atom. The molecule has 2 aromatic rings. The first-order valence-electron chi connectivity index (χ1n) is 8.20. The van der Waals surface area contributed by atoms with E-state index in [4.69, 9.17) is 4.42 Å². The SMILES string of the molecule is O=C(CNC(=O)c1cccs1)NC[C@@H](c1ccco1)[NH+]1CCCC1.